The first-order chi connectivity index (χ1) is 7.30. The number of hydrogen-bond acceptors (Lipinski definition) is 4. The lowest BCUT2D eigenvalue weighted by Gasteiger charge is -2.15. The van der Waals surface area contributed by atoms with Crippen LogP contribution in [0.3, 0.4) is 0 Å². The zero-order chi connectivity index (χ0) is 12.3. The highest BCUT2D eigenvalue weighted by Crippen LogP contribution is 2.47. The van der Waals surface area contributed by atoms with Crippen molar-refractivity contribution in [3.63, 3.8) is 0 Å². The Morgan fingerprint density at radius 1 is 1.44 bits per heavy atom. The van der Waals surface area contributed by atoms with Gasteiger partial charge in [0.15, 0.2) is 0 Å². The van der Waals surface area contributed by atoms with Crippen LogP contribution in [0.5, 0.6) is 0 Å². The zero-order valence-corrected chi connectivity index (χ0v) is 9.74. The lowest BCUT2D eigenvalue weighted by molar-refractivity contribution is -0.125. The summed E-state index contributed by atoms with van der Waals surface area (Å²) < 4.78 is 11.3. The summed E-state index contributed by atoms with van der Waals surface area (Å²) >= 11 is 0. The zero-order valence-electron chi connectivity index (χ0n) is 8.84. The lowest BCUT2D eigenvalue weighted by atomic mass is 10.2. The predicted molar refractivity (Wildman–Crippen MR) is 56.2 cm³/mol. The van der Waals surface area contributed by atoms with Crippen LogP contribution in [-0.2, 0) is 14.2 Å². The molecule has 3 atom stereocenters. The summed E-state index contributed by atoms with van der Waals surface area (Å²) in [6.07, 6.45) is -1.32. The smallest absolute Gasteiger partial charge is 0.239 e. The molecule has 92 valence electrons. The van der Waals surface area contributed by atoms with E-state index >= 15 is 0 Å². The van der Waals surface area contributed by atoms with Gasteiger partial charge in [-0.05, 0) is 0 Å². The van der Waals surface area contributed by atoms with Gasteiger partial charge >= 0.3 is 0 Å². The molecular formula is C8H15N2O5P. The van der Waals surface area contributed by atoms with Crippen LogP contribution in [0.4, 0.5) is 0 Å². The maximum Gasteiger partial charge on any atom is 0.239 e. The van der Waals surface area contributed by atoms with E-state index < -0.39 is 25.4 Å². The molecule has 4 N–H and O–H groups in total. The summed E-state index contributed by atoms with van der Waals surface area (Å²) in [7, 11) is -3.30. The van der Waals surface area contributed by atoms with Crippen LogP contribution in [0.15, 0.2) is 0 Å². The Morgan fingerprint density at radius 3 is 2.50 bits per heavy atom. The molecule has 2 amide bonds. The van der Waals surface area contributed by atoms with Crippen molar-refractivity contribution in [3.05, 3.63) is 0 Å². The predicted octanol–water partition coefficient (Wildman–Crippen LogP) is -1.75. The summed E-state index contributed by atoms with van der Waals surface area (Å²) in [5, 5.41) is 14.1. The van der Waals surface area contributed by atoms with E-state index in [2.05, 4.69) is 10.6 Å². The van der Waals surface area contributed by atoms with Crippen LogP contribution >= 0.6 is 7.37 Å². The van der Waals surface area contributed by atoms with Gasteiger partial charge in [0, 0.05) is 13.1 Å². The Bertz CT molecular complexity index is 345. The molecule has 0 aromatic carbocycles. The molecule has 0 bridgehead atoms. The third-order valence-electron chi connectivity index (χ3n) is 2.26. The van der Waals surface area contributed by atoms with Crippen molar-refractivity contribution < 1.29 is 24.2 Å². The second-order valence-electron chi connectivity index (χ2n) is 3.86. The van der Waals surface area contributed by atoms with E-state index in [0.29, 0.717) is 0 Å². The van der Waals surface area contributed by atoms with E-state index in [0.717, 1.165) is 0 Å². The first-order valence-corrected chi connectivity index (χ1v) is 6.86. The van der Waals surface area contributed by atoms with Crippen LogP contribution in [-0.4, -0.2) is 52.8 Å². The molecule has 1 rings (SSSR count). The van der Waals surface area contributed by atoms with Crippen LogP contribution in [0, 0.1) is 0 Å². The van der Waals surface area contributed by atoms with Crippen molar-refractivity contribution in [3.8, 4) is 0 Å². The molecule has 1 aliphatic rings. The van der Waals surface area contributed by atoms with Crippen LogP contribution < -0.4 is 10.6 Å². The first-order valence-electron chi connectivity index (χ1n) is 4.83. The summed E-state index contributed by atoms with van der Waals surface area (Å²) in [4.78, 5) is 31.0. The minimum atomic E-state index is -3.30. The SMILES string of the molecule is CC(=O)NCC(=O)NC1CP(=O)(O)CC1O. The minimum absolute atomic E-state index is 0.125. The summed E-state index contributed by atoms with van der Waals surface area (Å²) in [6.45, 7) is 1.08. The largest absolute Gasteiger partial charge is 0.390 e. The summed E-state index contributed by atoms with van der Waals surface area (Å²) in [5.74, 6) is -0.823. The third-order valence-corrected chi connectivity index (χ3v) is 4.17. The third kappa shape index (κ3) is 3.92. The monoisotopic (exact) mass is 250 g/mol. The Kier molecular flexibility index (Phi) is 4.07. The number of carbonyl (C=O) groups is 2. The fourth-order valence-corrected chi connectivity index (χ4v) is 3.46. The van der Waals surface area contributed by atoms with E-state index in [4.69, 9.17) is 0 Å². The van der Waals surface area contributed by atoms with Gasteiger partial charge in [0.05, 0.1) is 24.9 Å². The molecule has 0 aliphatic carbocycles. The number of carbonyl (C=O) groups excluding carboxylic acids is 2. The van der Waals surface area contributed by atoms with Crippen LogP contribution in [0.1, 0.15) is 6.92 Å². The number of rotatable bonds is 3. The first kappa shape index (κ1) is 13.2. The molecule has 0 spiro atoms. The molecule has 0 aromatic heterocycles. The van der Waals surface area contributed by atoms with Gasteiger partial charge < -0.3 is 20.6 Å². The maximum absolute atomic E-state index is 11.3. The van der Waals surface area contributed by atoms with Crippen molar-refractivity contribution in [1.29, 1.82) is 0 Å². The molecule has 3 unspecified atom stereocenters. The van der Waals surface area contributed by atoms with E-state index in [1.54, 1.807) is 0 Å². The molecular weight excluding hydrogens is 235 g/mol. The fraction of sp³-hybridized carbons (Fsp3) is 0.750. The van der Waals surface area contributed by atoms with Gasteiger partial charge in [-0.15, -0.1) is 0 Å². The number of nitrogens with one attached hydrogen (secondary N) is 2. The fourth-order valence-electron chi connectivity index (χ4n) is 1.53. The Balaban J connectivity index is 2.40. The minimum Gasteiger partial charge on any atom is -0.390 e. The molecule has 1 fully saturated rings. The highest BCUT2D eigenvalue weighted by atomic mass is 31.2. The number of aliphatic hydroxyl groups is 1. The topological polar surface area (TPSA) is 116 Å². The summed E-state index contributed by atoms with van der Waals surface area (Å²) in [6, 6.07) is -0.711. The molecule has 1 heterocycles. The normalized spacial score (nSPS) is 33.4. The number of aliphatic hydroxyl groups excluding tert-OH is 1. The van der Waals surface area contributed by atoms with Gasteiger partial charge in [0.2, 0.25) is 19.2 Å². The van der Waals surface area contributed by atoms with Gasteiger partial charge in [0.1, 0.15) is 0 Å². The van der Waals surface area contributed by atoms with Crippen LogP contribution in [0.2, 0.25) is 0 Å². The van der Waals surface area contributed by atoms with Crippen molar-refractivity contribution in [2.45, 2.75) is 19.1 Å². The van der Waals surface area contributed by atoms with Crippen molar-refractivity contribution in [1.82, 2.24) is 10.6 Å². The van der Waals surface area contributed by atoms with Crippen molar-refractivity contribution in [2.75, 3.05) is 18.9 Å². The van der Waals surface area contributed by atoms with Crippen LogP contribution in [0.25, 0.3) is 0 Å². The molecule has 0 radical (unpaired) electrons. The van der Waals surface area contributed by atoms with Gasteiger partial charge in [-0.25, -0.2) is 0 Å². The van der Waals surface area contributed by atoms with E-state index in [9.17, 15) is 24.2 Å². The Morgan fingerprint density at radius 2 is 2.06 bits per heavy atom. The molecule has 7 nitrogen and oxygen atoms in total. The van der Waals surface area contributed by atoms with E-state index in [1.165, 1.54) is 6.92 Å². The maximum atomic E-state index is 11.3. The lowest BCUT2D eigenvalue weighted by Crippen LogP contribution is -2.46. The molecule has 1 saturated heterocycles. The van der Waals surface area contributed by atoms with Gasteiger partial charge in [-0.3, -0.25) is 14.2 Å². The quantitative estimate of drug-likeness (QED) is 0.443. The van der Waals surface area contributed by atoms with Gasteiger partial charge in [-0.2, -0.15) is 0 Å². The average molecular weight is 250 g/mol. The number of hydrogen-bond donors (Lipinski definition) is 4. The van der Waals surface area contributed by atoms with E-state index in [-0.39, 0.29) is 24.8 Å². The molecule has 16 heavy (non-hydrogen) atoms. The molecule has 1 aliphatic heterocycles. The highest BCUT2D eigenvalue weighted by molar-refractivity contribution is 7.58. The molecule has 0 aromatic rings. The van der Waals surface area contributed by atoms with Crippen molar-refractivity contribution >= 4 is 19.2 Å². The van der Waals surface area contributed by atoms with Crippen molar-refractivity contribution in [2.24, 2.45) is 0 Å². The average Bonchev–Trinajstić information content (AvgIpc) is 2.36. The van der Waals surface area contributed by atoms with E-state index in [1.807, 2.05) is 0 Å². The number of amides is 2. The highest BCUT2D eigenvalue weighted by Gasteiger charge is 2.40. The summed E-state index contributed by atoms with van der Waals surface area (Å²) in [5.41, 5.74) is 0. The second kappa shape index (κ2) is 4.95. The van der Waals surface area contributed by atoms with Gasteiger partial charge in [-0.1, -0.05) is 0 Å². The Labute approximate surface area is 92.7 Å². The molecule has 0 saturated carbocycles. The van der Waals surface area contributed by atoms with Gasteiger partial charge in [0.25, 0.3) is 0 Å². The second-order valence-corrected chi connectivity index (χ2v) is 6.29. The molecule has 8 heteroatoms. The Hall–Kier alpha value is -0.910. The standard InChI is InChI=1S/C8H15N2O5P/c1-5(11)9-2-8(13)10-6-3-16(14,15)4-7(6)12/h6-7,12H,2-4H2,1H3,(H,9,11)(H,10,13)(H,14,15).